The van der Waals surface area contributed by atoms with E-state index in [1.165, 1.54) is 0 Å². The van der Waals surface area contributed by atoms with E-state index in [1.54, 1.807) is 0 Å². The second kappa shape index (κ2) is 6.99. The Morgan fingerprint density at radius 2 is 1.00 bits per heavy atom. The van der Waals surface area contributed by atoms with Crippen LogP contribution in [0.3, 0.4) is 0 Å². The molecule has 0 radical (unpaired) electrons. The monoisotopic (exact) mass is 236 g/mol. The summed E-state index contributed by atoms with van der Waals surface area (Å²) in [4.78, 5) is 0. The molecular weight excluding hydrogens is 212 g/mol. The standard InChI is InChI=1S/C10H24N2S2/c1-8(2)11(6)13-10(5)14-12(7)9(3)4/h8-10H,1-7H3. The zero-order chi connectivity index (χ0) is 11.3. The van der Waals surface area contributed by atoms with Crippen LogP contribution in [0.25, 0.3) is 0 Å². The maximum absolute atomic E-state index is 2.31. The molecule has 0 heterocycles. The average Bonchev–Trinajstić information content (AvgIpc) is 2.03. The minimum atomic E-state index is 0.579. The maximum atomic E-state index is 2.31. The Bertz CT molecular complexity index is 135. The lowest BCUT2D eigenvalue weighted by Crippen LogP contribution is -2.24. The first-order valence-electron chi connectivity index (χ1n) is 5.13. The number of hydrogen-bond donors (Lipinski definition) is 0. The molecule has 0 bridgehead atoms. The molecule has 0 spiro atoms. The van der Waals surface area contributed by atoms with Crippen LogP contribution in [0.2, 0.25) is 0 Å². The van der Waals surface area contributed by atoms with Gasteiger partial charge in [0.05, 0.1) is 4.58 Å². The molecule has 0 saturated heterocycles. The van der Waals surface area contributed by atoms with Gasteiger partial charge in [-0.15, -0.1) is 0 Å². The van der Waals surface area contributed by atoms with Gasteiger partial charge in [0.2, 0.25) is 0 Å². The van der Waals surface area contributed by atoms with Crippen LogP contribution in [-0.2, 0) is 0 Å². The Balaban J connectivity index is 3.80. The molecule has 0 rings (SSSR count). The van der Waals surface area contributed by atoms with Gasteiger partial charge in [0.15, 0.2) is 0 Å². The topological polar surface area (TPSA) is 6.48 Å². The summed E-state index contributed by atoms with van der Waals surface area (Å²) in [6.07, 6.45) is 0. The summed E-state index contributed by atoms with van der Waals surface area (Å²) in [5.74, 6) is 0. The quantitative estimate of drug-likeness (QED) is 0.515. The first-order chi connectivity index (χ1) is 6.34. The molecule has 0 saturated carbocycles. The lowest BCUT2D eigenvalue weighted by molar-refractivity contribution is 0.462. The van der Waals surface area contributed by atoms with E-state index < -0.39 is 0 Å². The second-order valence-electron chi connectivity index (χ2n) is 4.06. The molecule has 0 aliphatic rings. The van der Waals surface area contributed by atoms with Gasteiger partial charge in [0.25, 0.3) is 0 Å². The summed E-state index contributed by atoms with van der Waals surface area (Å²) in [5, 5.41) is 0. The summed E-state index contributed by atoms with van der Waals surface area (Å²) in [6.45, 7) is 11.1. The summed E-state index contributed by atoms with van der Waals surface area (Å²) < 4.78 is 5.20. The molecule has 0 aromatic carbocycles. The largest absolute Gasteiger partial charge is 0.250 e. The van der Waals surface area contributed by atoms with E-state index in [9.17, 15) is 0 Å². The van der Waals surface area contributed by atoms with Crippen LogP contribution in [0.5, 0.6) is 0 Å². The Kier molecular flexibility index (Phi) is 7.30. The van der Waals surface area contributed by atoms with E-state index in [2.05, 4.69) is 57.3 Å². The lowest BCUT2D eigenvalue weighted by atomic mass is 10.4. The normalized spacial score (nSPS) is 12.9. The van der Waals surface area contributed by atoms with Gasteiger partial charge in [-0.2, -0.15) is 0 Å². The molecule has 0 aromatic heterocycles. The summed E-state index contributed by atoms with van der Waals surface area (Å²) in [5.41, 5.74) is 0. The van der Waals surface area contributed by atoms with Crippen LogP contribution in [0.1, 0.15) is 34.6 Å². The van der Waals surface area contributed by atoms with Gasteiger partial charge in [0, 0.05) is 12.1 Å². The van der Waals surface area contributed by atoms with Crippen LogP contribution >= 0.6 is 23.9 Å². The van der Waals surface area contributed by atoms with Crippen molar-refractivity contribution in [2.75, 3.05) is 14.1 Å². The van der Waals surface area contributed by atoms with Gasteiger partial charge >= 0.3 is 0 Å². The molecule has 0 atom stereocenters. The van der Waals surface area contributed by atoms with Gasteiger partial charge in [-0.05, 0) is 48.7 Å². The van der Waals surface area contributed by atoms with Gasteiger partial charge in [0.1, 0.15) is 0 Å². The van der Waals surface area contributed by atoms with E-state index in [1.807, 2.05) is 23.9 Å². The van der Waals surface area contributed by atoms with Crippen molar-refractivity contribution in [2.45, 2.75) is 51.3 Å². The second-order valence-corrected chi connectivity index (χ2v) is 7.34. The molecule has 0 aliphatic carbocycles. The minimum Gasteiger partial charge on any atom is -0.250 e. The Hall–Kier alpha value is 0.620. The van der Waals surface area contributed by atoms with Crippen molar-refractivity contribution < 1.29 is 0 Å². The maximum Gasteiger partial charge on any atom is 0.0768 e. The fourth-order valence-corrected chi connectivity index (χ4v) is 3.12. The van der Waals surface area contributed by atoms with Crippen molar-refractivity contribution in [3.05, 3.63) is 0 Å². The molecule has 86 valence electrons. The average molecular weight is 236 g/mol. The van der Waals surface area contributed by atoms with Crippen molar-refractivity contribution in [3.8, 4) is 0 Å². The molecular formula is C10H24N2S2. The number of rotatable bonds is 6. The molecule has 0 unspecified atom stereocenters. The van der Waals surface area contributed by atoms with Crippen LogP contribution in [0.4, 0.5) is 0 Å². The Labute approximate surface area is 98.1 Å². The third kappa shape index (κ3) is 6.17. The van der Waals surface area contributed by atoms with E-state index >= 15 is 0 Å². The van der Waals surface area contributed by atoms with Crippen molar-refractivity contribution in [1.82, 2.24) is 8.61 Å². The molecule has 14 heavy (non-hydrogen) atoms. The number of nitrogens with zero attached hydrogens (tertiary/aromatic N) is 2. The fraction of sp³-hybridized carbons (Fsp3) is 1.00. The first-order valence-corrected chi connectivity index (χ1v) is 6.81. The molecule has 0 fully saturated rings. The van der Waals surface area contributed by atoms with Gasteiger partial charge in [-0.25, -0.2) is 0 Å². The Morgan fingerprint density at radius 3 is 1.21 bits per heavy atom. The Morgan fingerprint density at radius 1 is 0.714 bits per heavy atom. The third-order valence-corrected chi connectivity index (χ3v) is 4.70. The smallest absolute Gasteiger partial charge is 0.0768 e. The number of hydrogen-bond acceptors (Lipinski definition) is 4. The highest BCUT2D eigenvalue weighted by Crippen LogP contribution is 2.29. The molecule has 0 amide bonds. The zero-order valence-electron chi connectivity index (χ0n) is 10.4. The highest BCUT2D eigenvalue weighted by molar-refractivity contribution is 8.14. The van der Waals surface area contributed by atoms with E-state index in [0.29, 0.717) is 16.7 Å². The summed E-state index contributed by atoms with van der Waals surface area (Å²) >= 11 is 3.82. The fourth-order valence-electron chi connectivity index (χ4n) is 0.731. The van der Waals surface area contributed by atoms with E-state index in [4.69, 9.17) is 0 Å². The predicted molar refractivity (Wildman–Crippen MR) is 70.4 cm³/mol. The van der Waals surface area contributed by atoms with Gasteiger partial charge in [-0.1, -0.05) is 23.9 Å². The highest BCUT2D eigenvalue weighted by Gasteiger charge is 2.14. The van der Waals surface area contributed by atoms with Crippen molar-refractivity contribution in [2.24, 2.45) is 0 Å². The van der Waals surface area contributed by atoms with Crippen LogP contribution in [0.15, 0.2) is 0 Å². The lowest BCUT2D eigenvalue weighted by Gasteiger charge is -2.27. The van der Waals surface area contributed by atoms with E-state index in [0.717, 1.165) is 0 Å². The summed E-state index contributed by atoms with van der Waals surface area (Å²) in [6, 6.07) is 1.21. The summed E-state index contributed by atoms with van der Waals surface area (Å²) in [7, 11) is 4.31. The first kappa shape index (κ1) is 14.6. The minimum absolute atomic E-state index is 0.579. The van der Waals surface area contributed by atoms with Crippen LogP contribution in [-0.4, -0.2) is 39.4 Å². The molecule has 0 N–H and O–H groups in total. The van der Waals surface area contributed by atoms with Gasteiger partial charge < -0.3 is 0 Å². The zero-order valence-corrected chi connectivity index (χ0v) is 12.1. The highest BCUT2D eigenvalue weighted by atomic mass is 32.2. The van der Waals surface area contributed by atoms with Crippen molar-refractivity contribution >= 4 is 23.9 Å². The van der Waals surface area contributed by atoms with Crippen LogP contribution < -0.4 is 0 Å². The van der Waals surface area contributed by atoms with Crippen molar-refractivity contribution in [1.29, 1.82) is 0 Å². The van der Waals surface area contributed by atoms with Crippen molar-refractivity contribution in [3.63, 3.8) is 0 Å². The third-order valence-electron chi connectivity index (χ3n) is 2.08. The molecule has 4 heteroatoms. The molecule has 0 aromatic rings. The molecule has 2 nitrogen and oxygen atoms in total. The van der Waals surface area contributed by atoms with E-state index in [-0.39, 0.29) is 0 Å². The predicted octanol–water partition coefficient (Wildman–Crippen LogP) is 3.31. The molecule has 0 aliphatic heterocycles. The SMILES string of the molecule is CC(SN(C)C(C)C)SN(C)C(C)C. The van der Waals surface area contributed by atoms with Gasteiger partial charge in [-0.3, -0.25) is 8.61 Å². The van der Waals surface area contributed by atoms with Crippen LogP contribution in [0, 0.1) is 0 Å².